The molecule has 2 N–H and O–H groups in total. The Kier molecular flexibility index (Phi) is 5.30. The fourth-order valence-electron chi connectivity index (χ4n) is 4.96. The number of ether oxygens (including phenoxy) is 1. The smallest absolute Gasteiger partial charge is 0.407 e. The van der Waals surface area contributed by atoms with E-state index in [0.717, 1.165) is 18.9 Å². The number of fused-ring (bicyclic) bond motifs is 2. The number of carbonyl (C=O) groups excluding carboxylic acids is 1. The van der Waals surface area contributed by atoms with Crippen LogP contribution in [0.3, 0.4) is 0 Å². The Morgan fingerprint density at radius 2 is 2.12 bits per heavy atom. The molecule has 10 heteroatoms. The Hall–Kier alpha value is -3.43. The third kappa shape index (κ3) is 3.83. The predicted octanol–water partition coefficient (Wildman–Crippen LogP) is 2.70. The Balaban J connectivity index is 1.50. The van der Waals surface area contributed by atoms with Gasteiger partial charge in [-0.15, -0.1) is 0 Å². The predicted molar refractivity (Wildman–Crippen MR) is 118 cm³/mol. The van der Waals surface area contributed by atoms with Gasteiger partial charge in [0.1, 0.15) is 11.2 Å². The van der Waals surface area contributed by atoms with E-state index in [1.807, 2.05) is 11.0 Å². The van der Waals surface area contributed by atoms with E-state index in [1.165, 1.54) is 6.20 Å². The number of rotatable bonds is 5. The normalized spacial score (nSPS) is 24.1. The molecule has 2 fully saturated rings. The van der Waals surface area contributed by atoms with E-state index >= 15 is 4.39 Å². The lowest BCUT2D eigenvalue weighted by molar-refractivity contribution is 0.0694. The van der Waals surface area contributed by atoms with Crippen molar-refractivity contribution in [3.8, 4) is 0 Å². The van der Waals surface area contributed by atoms with E-state index in [4.69, 9.17) is 4.74 Å². The summed E-state index contributed by atoms with van der Waals surface area (Å²) in [6.45, 7) is 3.04. The van der Waals surface area contributed by atoms with Crippen LogP contribution >= 0.6 is 0 Å². The number of carboxylic acid groups (broad SMARTS) is 1. The van der Waals surface area contributed by atoms with Gasteiger partial charge in [-0.05, 0) is 32.3 Å². The Labute approximate surface area is 188 Å². The molecule has 1 aliphatic heterocycles. The number of carbonyl (C=O) groups is 2. The van der Waals surface area contributed by atoms with Gasteiger partial charge in [-0.2, -0.15) is 0 Å². The molecule has 0 spiro atoms. The first kappa shape index (κ1) is 21.4. The molecule has 33 heavy (non-hydrogen) atoms. The van der Waals surface area contributed by atoms with Crippen LogP contribution in [0.15, 0.2) is 29.2 Å². The number of aromatic carboxylic acids is 1. The average Bonchev–Trinajstić information content (AvgIpc) is 3.52. The maximum absolute atomic E-state index is 15.2. The number of hydrogen-bond donors (Lipinski definition) is 2. The molecule has 174 valence electrons. The first-order chi connectivity index (χ1) is 15.9. The van der Waals surface area contributed by atoms with Gasteiger partial charge in [-0.25, -0.2) is 19.0 Å². The molecule has 5 rings (SSSR count). The molecule has 9 nitrogen and oxygen atoms in total. The monoisotopic (exact) mass is 456 g/mol. The van der Waals surface area contributed by atoms with E-state index in [1.54, 1.807) is 11.5 Å². The summed E-state index contributed by atoms with van der Waals surface area (Å²) in [5, 5.41) is 12.3. The molecule has 1 saturated carbocycles. The van der Waals surface area contributed by atoms with Crippen molar-refractivity contribution in [2.24, 2.45) is 11.8 Å². The molecule has 2 aromatic heterocycles. The largest absolute Gasteiger partial charge is 0.477 e. The maximum Gasteiger partial charge on any atom is 0.407 e. The SMILES string of the molecule is CCOC(=O)NC1CC=CC2CN(c3nc4c(cc3F)c(=O)c(C(=O)O)cn4C3CC3)CC21. The van der Waals surface area contributed by atoms with Crippen LogP contribution in [0.2, 0.25) is 0 Å². The van der Waals surface area contributed by atoms with Gasteiger partial charge >= 0.3 is 12.1 Å². The molecule has 3 aliphatic rings. The molecule has 1 amide bonds. The molecule has 2 aromatic rings. The van der Waals surface area contributed by atoms with Gasteiger partial charge in [0.15, 0.2) is 11.6 Å². The fourth-order valence-corrected chi connectivity index (χ4v) is 4.96. The lowest BCUT2D eigenvalue weighted by atomic mass is 9.83. The molecule has 3 atom stereocenters. The van der Waals surface area contributed by atoms with Crippen molar-refractivity contribution in [3.63, 3.8) is 0 Å². The summed E-state index contributed by atoms with van der Waals surface area (Å²) in [7, 11) is 0. The standard InChI is InChI=1S/C23H25FN4O5/c1-2-33-23(32)25-18-5-3-4-12-9-27(10-15(12)18)21-17(24)8-14-19(29)16(22(30)31)11-28(13-6-7-13)20(14)26-21/h3-4,8,11-13,15,18H,2,5-7,9-10H2,1H3,(H,25,32)(H,30,31). The fraction of sp³-hybridized carbons (Fsp3) is 0.478. The number of aromatic nitrogens is 2. The van der Waals surface area contributed by atoms with Crippen LogP contribution in [-0.4, -0.2) is 52.5 Å². The molecule has 0 aromatic carbocycles. The van der Waals surface area contributed by atoms with Gasteiger partial charge in [0.05, 0.1) is 12.0 Å². The molecule has 2 aliphatic carbocycles. The summed E-state index contributed by atoms with van der Waals surface area (Å²) in [5.74, 6) is -1.69. The zero-order chi connectivity index (χ0) is 23.3. The molecule has 0 radical (unpaired) electrons. The summed E-state index contributed by atoms with van der Waals surface area (Å²) < 4.78 is 21.9. The third-order valence-electron chi connectivity index (χ3n) is 6.69. The Morgan fingerprint density at radius 1 is 1.33 bits per heavy atom. The Bertz CT molecular complexity index is 1220. The highest BCUT2D eigenvalue weighted by Crippen LogP contribution is 2.39. The number of amides is 1. The number of hydrogen-bond acceptors (Lipinski definition) is 6. The number of pyridine rings is 2. The van der Waals surface area contributed by atoms with E-state index in [0.29, 0.717) is 25.2 Å². The quantitative estimate of drug-likeness (QED) is 0.665. The topological polar surface area (TPSA) is 114 Å². The molecule has 0 bridgehead atoms. The first-order valence-electron chi connectivity index (χ1n) is 11.2. The van der Waals surface area contributed by atoms with Crippen molar-refractivity contribution in [3.05, 3.63) is 46.0 Å². The minimum Gasteiger partial charge on any atom is -0.477 e. The lowest BCUT2D eigenvalue weighted by Crippen LogP contribution is -2.44. The minimum absolute atomic E-state index is 0.0265. The summed E-state index contributed by atoms with van der Waals surface area (Å²) in [6, 6.07) is 1.03. The summed E-state index contributed by atoms with van der Waals surface area (Å²) >= 11 is 0. The number of alkyl carbamates (subject to hydrolysis) is 1. The van der Waals surface area contributed by atoms with E-state index in [2.05, 4.69) is 16.4 Å². The highest BCUT2D eigenvalue weighted by molar-refractivity contribution is 5.92. The van der Waals surface area contributed by atoms with Gasteiger partial charge in [0.25, 0.3) is 0 Å². The van der Waals surface area contributed by atoms with Crippen molar-refractivity contribution in [1.82, 2.24) is 14.9 Å². The van der Waals surface area contributed by atoms with Crippen LogP contribution in [0.1, 0.15) is 42.6 Å². The van der Waals surface area contributed by atoms with Gasteiger partial charge in [0.2, 0.25) is 5.43 Å². The van der Waals surface area contributed by atoms with Crippen LogP contribution in [0.4, 0.5) is 15.0 Å². The number of nitrogens with one attached hydrogen (secondary N) is 1. The highest BCUT2D eigenvalue weighted by atomic mass is 19.1. The number of anilines is 1. The third-order valence-corrected chi connectivity index (χ3v) is 6.69. The first-order valence-corrected chi connectivity index (χ1v) is 11.2. The van der Waals surface area contributed by atoms with Crippen molar-refractivity contribution in [2.45, 2.75) is 38.3 Å². The molecule has 1 saturated heterocycles. The summed E-state index contributed by atoms with van der Waals surface area (Å²) in [4.78, 5) is 42.5. The molecule has 3 unspecified atom stereocenters. The van der Waals surface area contributed by atoms with E-state index in [-0.39, 0.29) is 47.3 Å². The summed E-state index contributed by atoms with van der Waals surface area (Å²) in [6.07, 6.45) is 7.34. The Morgan fingerprint density at radius 3 is 2.82 bits per heavy atom. The number of halogens is 1. The molecule has 3 heterocycles. The second kappa shape index (κ2) is 8.17. The van der Waals surface area contributed by atoms with Gasteiger partial charge in [-0.1, -0.05) is 12.2 Å². The maximum atomic E-state index is 15.2. The summed E-state index contributed by atoms with van der Waals surface area (Å²) in [5.41, 5.74) is -0.812. The van der Waals surface area contributed by atoms with Gasteiger partial charge < -0.3 is 24.6 Å². The zero-order valence-electron chi connectivity index (χ0n) is 18.2. The van der Waals surface area contributed by atoms with Crippen LogP contribution in [-0.2, 0) is 4.74 Å². The molecular formula is C23H25FN4O5. The second-order valence-corrected chi connectivity index (χ2v) is 8.85. The van der Waals surface area contributed by atoms with Crippen molar-refractivity contribution in [1.29, 1.82) is 0 Å². The minimum atomic E-state index is -1.34. The van der Waals surface area contributed by atoms with Crippen LogP contribution in [0.5, 0.6) is 0 Å². The van der Waals surface area contributed by atoms with E-state index < -0.39 is 23.3 Å². The zero-order valence-corrected chi connectivity index (χ0v) is 18.2. The second-order valence-electron chi connectivity index (χ2n) is 8.85. The number of carboxylic acids is 1. The van der Waals surface area contributed by atoms with Crippen molar-refractivity contribution < 1.29 is 23.8 Å². The average molecular weight is 456 g/mol. The highest BCUT2D eigenvalue weighted by Gasteiger charge is 2.40. The van der Waals surface area contributed by atoms with Gasteiger partial charge in [0, 0.05) is 43.2 Å². The van der Waals surface area contributed by atoms with Crippen molar-refractivity contribution in [2.75, 3.05) is 24.6 Å². The van der Waals surface area contributed by atoms with Gasteiger partial charge in [-0.3, -0.25) is 4.79 Å². The van der Waals surface area contributed by atoms with Crippen LogP contribution in [0.25, 0.3) is 11.0 Å². The van der Waals surface area contributed by atoms with Crippen LogP contribution in [0, 0.1) is 17.7 Å². The van der Waals surface area contributed by atoms with E-state index in [9.17, 15) is 19.5 Å². The number of nitrogens with zero attached hydrogens (tertiary/aromatic N) is 3. The van der Waals surface area contributed by atoms with Crippen LogP contribution < -0.4 is 15.6 Å². The lowest BCUT2D eigenvalue weighted by Gasteiger charge is -2.29. The molecular weight excluding hydrogens is 431 g/mol. The van der Waals surface area contributed by atoms with Crippen molar-refractivity contribution >= 4 is 28.9 Å².